The van der Waals surface area contributed by atoms with E-state index in [1.807, 2.05) is 37.3 Å². The molecule has 0 saturated carbocycles. The highest BCUT2D eigenvalue weighted by Crippen LogP contribution is 2.34. The molecule has 2 nitrogen and oxygen atoms in total. The maximum atomic E-state index is 10.5. The second-order valence-corrected chi connectivity index (χ2v) is 5.94. The Morgan fingerprint density at radius 1 is 1.20 bits per heavy atom. The van der Waals surface area contributed by atoms with E-state index in [0.717, 1.165) is 21.0 Å². The van der Waals surface area contributed by atoms with E-state index in [0.29, 0.717) is 16.4 Å². The molecule has 0 saturated heterocycles. The van der Waals surface area contributed by atoms with Crippen LogP contribution in [0.5, 0.6) is 0 Å². The van der Waals surface area contributed by atoms with Crippen molar-refractivity contribution in [2.24, 2.45) is 0 Å². The summed E-state index contributed by atoms with van der Waals surface area (Å²) < 4.78 is 6.60. The summed E-state index contributed by atoms with van der Waals surface area (Å²) in [6, 6.07) is 13.0. The molecule has 0 radical (unpaired) electrons. The predicted octanol–water partition coefficient (Wildman–Crippen LogP) is 5.24. The smallest absolute Gasteiger partial charge is 0.138 e. The summed E-state index contributed by atoms with van der Waals surface area (Å²) in [5.41, 5.74) is 2.57. The molecule has 0 aliphatic rings. The number of hydrogen-bond donors (Lipinski definition) is 1. The van der Waals surface area contributed by atoms with Gasteiger partial charge in [0.1, 0.15) is 17.4 Å². The first-order valence-corrected chi connectivity index (χ1v) is 7.35. The third-order valence-electron chi connectivity index (χ3n) is 3.28. The normalized spacial score (nSPS) is 12.8. The fraction of sp³-hybridized carbons (Fsp3) is 0.125. The lowest BCUT2D eigenvalue weighted by Crippen LogP contribution is -1.99. The Balaban J connectivity index is 2.08. The van der Waals surface area contributed by atoms with Gasteiger partial charge in [0.15, 0.2) is 0 Å². The molecule has 0 aliphatic heterocycles. The molecule has 1 unspecified atom stereocenters. The first-order valence-electron chi connectivity index (χ1n) is 6.18. The van der Waals surface area contributed by atoms with Crippen LogP contribution in [-0.2, 0) is 0 Å². The van der Waals surface area contributed by atoms with E-state index >= 15 is 0 Å². The minimum atomic E-state index is -0.810. The lowest BCUT2D eigenvalue weighted by molar-refractivity contribution is 0.191. The van der Waals surface area contributed by atoms with Crippen LogP contribution in [0.15, 0.2) is 51.4 Å². The Labute approximate surface area is 130 Å². The van der Waals surface area contributed by atoms with Crippen LogP contribution in [0.4, 0.5) is 0 Å². The number of furan rings is 1. The van der Waals surface area contributed by atoms with Crippen molar-refractivity contribution < 1.29 is 9.52 Å². The zero-order valence-electron chi connectivity index (χ0n) is 10.7. The molecule has 0 fully saturated rings. The van der Waals surface area contributed by atoms with Crippen molar-refractivity contribution in [1.29, 1.82) is 0 Å². The van der Waals surface area contributed by atoms with Crippen molar-refractivity contribution >= 4 is 38.5 Å². The summed E-state index contributed by atoms with van der Waals surface area (Å²) >= 11 is 9.47. The van der Waals surface area contributed by atoms with Gasteiger partial charge in [-0.05, 0) is 36.8 Å². The van der Waals surface area contributed by atoms with Crippen molar-refractivity contribution in [2.45, 2.75) is 13.0 Å². The van der Waals surface area contributed by atoms with Crippen LogP contribution in [0.25, 0.3) is 11.0 Å². The van der Waals surface area contributed by atoms with Crippen LogP contribution in [-0.4, -0.2) is 5.11 Å². The number of aryl methyl sites for hydroxylation is 1. The number of fused-ring (bicyclic) bond motifs is 1. The largest absolute Gasteiger partial charge is 0.458 e. The van der Waals surface area contributed by atoms with Gasteiger partial charge in [0.25, 0.3) is 0 Å². The third kappa shape index (κ3) is 2.37. The average Bonchev–Trinajstić information content (AvgIpc) is 2.84. The van der Waals surface area contributed by atoms with Crippen LogP contribution in [0, 0.1) is 6.92 Å². The van der Waals surface area contributed by atoms with Crippen molar-refractivity contribution in [3.63, 3.8) is 0 Å². The number of aliphatic hydroxyl groups excluding tert-OH is 1. The maximum absolute atomic E-state index is 10.5. The Kier molecular flexibility index (Phi) is 3.59. The molecule has 3 aromatic rings. The van der Waals surface area contributed by atoms with Crippen LogP contribution in [0.3, 0.4) is 0 Å². The van der Waals surface area contributed by atoms with Crippen LogP contribution >= 0.6 is 27.5 Å². The van der Waals surface area contributed by atoms with Gasteiger partial charge in [-0.3, -0.25) is 0 Å². The van der Waals surface area contributed by atoms with E-state index in [1.165, 1.54) is 0 Å². The first kappa shape index (κ1) is 13.7. The van der Waals surface area contributed by atoms with Gasteiger partial charge in [-0.25, -0.2) is 0 Å². The van der Waals surface area contributed by atoms with Gasteiger partial charge >= 0.3 is 0 Å². The molecule has 2 aromatic carbocycles. The number of halogens is 2. The van der Waals surface area contributed by atoms with Gasteiger partial charge in [0.05, 0.1) is 0 Å². The van der Waals surface area contributed by atoms with Crippen molar-refractivity contribution in [2.75, 3.05) is 0 Å². The van der Waals surface area contributed by atoms with Crippen molar-refractivity contribution in [1.82, 2.24) is 0 Å². The highest BCUT2D eigenvalue weighted by molar-refractivity contribution is 9.10. The molecule has 4 heteroatoms. The Morgan fingerprint density at radius 2 is 2.00 bits per heavy atom. The topological polar surface area (TPSA) is 33.4 Å². The van der Waals surface area contributed by atoms with E-state index in [4.69, 9.17) is 16.0 Å². The number of hydrogen-bond acceptors (Lipinski definition) is 2. The summed E-state index contributed by atoms with van der Waals surface area (Å²) in [5.74, 6) is 0.508. The molecule has 0 spiro atoms. The molecular formula is C16H12BrClO2. The van der Waals surface area contributed by atoms with E-state index in [2.05, 4.69) is 15.9 Å². The Bertz CT molecular complexity index is 779. The second-order valence-electron chi connectivity index (χ2n) is 4.71. The molecule has 3 rings (SSSR count). The summed E-state index contributed by atoms with van der Waals surface area (Å²) in [7, 11) is 0. The van der Waals surface area contributed by atoms with Crippen molar-refractivity contribution in [3.8, 4) is 0 Å². The van der Waals surface area contributed by atoms with Crippen molar-refractivity contribution in [3.05, 3.63) is 68.8 Å². The summed E-state index contributed by atoms with van der Waals surface area (Å²) in [6.07, 6.45) is -0.810. The molecule has 0 aliphatic carbocycles. The fourth-order valence-electron chi connectivity index (χ4n) is 2.20. The number of benzene rings is 2. The quantitative estimate of drug-likeness (QED) is 0.685. The molecule has 0 bridgehead atoms. The average molecular weight is 352 g/mol. The minimum absolute atomic E-state index is 0.508. The zero-order chi connectivity index (χ0) is 14.3. The molecular weight excluding hydrogens is 340 g/mol. The van der Waals surface area contributed by atoms with Gasteiger partial charge in [0.2, 0.25) is 0 Å². The van der Waals surface area contributed by atoms with Crippen LogP contribution in [0.1, 0.15) is 23.0 Å². The fourth-order valence-corrected chi connectivity index (χ4v) is 2.87. The molecule has 1 heterocycles. The maximum Gasteiger partial charge on any atom is 0.138 e. The molecule has 102 valence electrons. The lowest BCUT2D eigenvalue weighted by Gasteiger charge is -2.11. The van der Waals surface area contributed by atoms with E-state index in [1.54, 1.807) is 12.1 Å². The third-order valence-corrected chi connectivity index (χ3v) is 4.60. The summed E-state index contributed by atoms with van der Waals surface area (Å²) in [5, 5.41) is 12.0. The van der Waals surface area contributed by atoms with Gasteiger partial charge in [0, 0.05) is 20.4 Å². The first-order chi connectivity index (χ1) is 9.56. The predicted molar refractivity (Wildman–Crippen MR) is 84.2 cm³/mol. The van der Waals surface area contributed by atoms with Gasteiger partial charge < -0.3 is 9.52 Å². The molecule has 1 atom stereocenters. The van der Waals surface area contributed by atoms with Crippen LogP contribution < -0.4 is 0 Å². The number of rotatable bonds is 2. The van der Waals surface area contributed by atoms with Gasteiger partial charge in [-0.2, -0.15) is 0 Å². The van der Waals surface area contributed by atoms with E-state index in [-0.39, 0.29) is 0 Å². The Hall–Kier alpha value is -1.29. The highest BCUT2D eigenvalue weighted by Gasteiger charge is 2.18. The van der Waals surface area contributed by atoms with Gasteiger partial charge in [-0.15, -0.1) is 0 Å². The summed E-state index contributed by atoms with van der Waals surface area (Å²) in [6.45, 7) is 1.98. The zero-order valence-corrected chi connectivity index (χ0v) is 13.1. The number of aliphatic hydroxyl groups is 1. The lowest BCUT2D eigenvalue weighted by atomic mass is 10.0. The summed E-state index contributed by atoms with van der Waals surface area (Å²) in [4.78, 5) is 0. The monoisotopic (exact) mass is 350 g/mol. The minimum Gasteiger partial charge on any atom is -0.458 e. The van der Waals surface area contributed by atoms with Crippen LogP contribution in [0.2, 0.25) is 5.02 Å². The SMILES string of the molecule is Cc1cccc(C(O)c2cc3cc(Cl)ccc3o2)c1Br. The highest BCUT2D eigenvalue weighted by atomic mass is 79.9. The second kappa shape index (κ2) is 5.24. The molecule has 1 aromatic heterocycles. The molecule has 0 amide bonds. The molecule has 1 N–H and O–H groups in total. The standard InChI is InChI=1S/C16H12BrClO2/c1-9-3-2-4-12(15(9)17)16(19)14-8-10-7-11(18)5-6-13(10)20-14/h2-8,16,19H,1H3. The molecule has 20 heavy (non-hydrogen) atoms. The van der Waals surface area contributed by atoms with E-state index in [9.17, 15) is 5.11 Å². The Morgan fingerprint density at radius 3 is 2.80 bits per heavy atom. The van der Waals surface area contributed by atoms with E-state index < -0.39 is 6.10 Å². The van der Waals surface area contributed by atoms with Gasteiger partial charge in [-0.1, -0.05) is 45.7 Å².